The fourth-order valence-corrected chi connectivity index (χ4v) is 1.99. The minimum atomic E-state index is -0.161. The van der Waals surface area contributed by atoms with Gasteiger partial charge in [-0.05, 0) is 18.9 Å². The molecule has 0 fully saturated rings. The number of nitrogens with zero attached hydrogens (tertiary/aromatic N) is 4. The number of hydrogen-bond donors (Lipinski definition) is 0. The zero-order chi connectivity index (χ0) is 14.0. The fourth-order valence-electron chi connectivity index (χ4n) is 1.81. The van der Waals surface area contributed by atoms with Crippen molar-refractivity contribution in [2.45, 2.75) is 33.7 Å². The summed E-state index contributed by atoms with van der Waals surface area (Å²) in [4.78, 5) is 16.6. The molecule has 0 spiro atoms. The fraction of sp³-hybridized carbons (Fsp3) is 0.462. The largest absolute Gasteiger partial charge is 0.306 e. The smallest absolute Gasteiger partial charge is 0.296 e. The van der Waals surface area contributed by atoms with Crippen molar-refractivity contribution in [1.82, 2.24) is 19.3 Å². The maximum atomic E-state index is 12.5. The first-order valence-corrected chi connectivity index (χ1v) is 6.69. The zero-order valence-corrected chi connectivity index (χ0v) is 12.1. The molecule has 0 saturated heterocycles. The minimum Gasteiger partial charge on any atom is -0.306 e. The van der Waals surface area contributed by atoms with E-state index < -0.39 is 0 Å². The Morgan fingerprint density at radius 1 is 1.47 bits per heavy atom. The van der Waals surface area contributed by atoms with Crippen LogP contribution in [0.4, 0.5) is 0 Å². The summed E-state index contributed by atoms with van der Waals surface area (Å²) in [6.07, 6.45) is 4.29. The molecule has 6 heteroatoms. The van der Waals surface area contributed by atoms with Gasteiger partial charge in [0.25, 0.3) is 5.56 Å². The van der Waals surface area contributed by atoms with E-state index >= 15 is 0 Å². The molecule has 1 atom stereocenters. The normalized spacial score (nSPS) is 12.6. The number of hydrogen-bond acceptors (Lipinski definition) is 3. The van der Waals surface area contributed by atoms with E-state index in [0.717, 1.165) is 6.42 Å². The van der Waals surface area contributed by atoms with Crippen LogP contribution < -0.4 is 5.56 Å². The van der Waals surface area contributed by atoms with Gasteiger partial charge >= 0.3 is 0 Å². The van der Waals surface area contributed by atoms with E-state index in [-0.39, 0.29) is 11.4 Å². The van der Waals surface area contributed by atoms with Crippen molar-refractivity contribution in [2.75, 3.05) is 0 Å². The lowest BCUT2D eigenvalue weighted by Gasteiger charge is -2.16. The molecule has 5 nitrogen and oxygen atoms in total. The van der Waals surface area contributed by atoms with Crippen LogP contribution >= 0.6 is 11.6 Å². The molecule has 0 amide bonds. The summed E-state index contributed by atoms with van der Waals surface area (Å²) in [5, 5.41) is 4.38. The van der Waals surface area contributed by atoms with Crippen molar-refractivity contribution in [1.29, 1.82) is 0 Å². The lowest BCUT2D eigenvalue weighted by molar-refractivity contribution is 0.450. The monoisotopic (exact) mass is 280 g/mol. The van der Waals surface area contributed by atoms with Crippen molar-refractivity contribution in [3.8, 4) is 5.82 Å². The summed E-state index contributed by atoms with van der Waals surface area (Å²) >= 11 is 6.12. The second-order valence-corrected chi connectivity index (χ2v) is 5.05. The van der Waals surface area contributed by atoms with E-state index in [2.05, 4.69) is 23.9 Å². The van der Waals surface area contributed by atoms with Crippen LogP contribution in [0.5, 0.6) is 0 Å². The number of aromatic nitrogens is 4. The summed E-state index contributed by atoms with van der Waals surface area (Å²) in [6.45, 7) is 6.65. The van der Waals surface area contributed by atoms with Crippen molar-refractivity contribution < 1.29 is 0 Å². The summed E-state index contributed by atoms with van der Waals surface area (Å²) in [6, 6.07) is 1.74. The van der Waals surface area contributed by atoms with Crippen LogP contribution in [-0.2, 0) is 6.54 Å². The molecule has 0 N–H and O–H groups in total. The quantitative estimate of drug-likeness (QED) is 0.864. The van der Waals surface area contributed by atoms with E-state index in [1.54, 1.807) is 23.0 Å². The SMILES string of the molecule is CCC(C)Cn1c(C)c(Cl)nc(-n2cccn2)c1=O. The van der Waals surface area contributed by atoms with Crippen molar-refractivity contribution in [3.05, 3.63) is 39.7 Å². The van der Waals surface area contributed by atoms with Crippen LogP contribution in [0.15, 0.2) is 23.3 Å². The Morgan fingerprint density at radius 2 is 2.21 bits per heavy atom. The van der Waals surface area contributed by atoms with E-state index in [1.165, 1.54) is 4.68 Å². The maximum Gasteiger partial charge on any atom is 0.296 e. The summed E-state index contributed by atoms with van der Waals surface area (Å²) in [5.41, 5.74) is 0.536. The molecule has 19 heavy (non-hydrogen) atoms. The van der Waals surface area contributed by atoms with Crippen LogP contribution in [0.25, 0.3) is 5.82 Å². The third-order valence-corrected chi connectivity index (χ3v) is 3.61. The van der Waals surface area contributed by atoms with Crippen molar-refractivity contribution in [2.24, 2.45) is 5.92 Å². The number of halogens is 1. The predicted octanol–water partition coefficient (Wildman–Crippen LogP) is 2.44. The first kappa shape index (κ1) is 13.8. The zero-order valence-electron chi connectivity index (χ0n) is 11.3. The summed E-state index contributed by atoms with van der Waals surface area (Å²) in [5.74, 6) is 0.643. The van der Waals surface area contributed by atoms with Gasteiger partial charge in [0, 0.05) is 18.9 Å². The Balaban J connectivity index is 2.57. The lowest BCUT2D eigenvalue weighted by Crippen LogP contribution is -2.30. The number of rotatable bonds is 4. The first-order valence-electron chi connectivity index (χ1n) is 6.31. The molecule has 0 aliphatic rings. The van der Waals surface area contributed by atoms with Gasteiger partial charge in [0.2, 0.25) is 5.82 Å². The Hall–Kier alpha value is -1.62. The van der Waals surface area contributed by atoms with Gasteiger partial charge in [0.05, 0.1) is 5.69 Å². The van der Waals surface area contributed by atoms with Gasteiger partial charge in [0.15, 0.2) is 5.15 Å². The molecule has 0 aliphatic carbocycles. The molecule has 1 unspecified atom stereocenters. The second kappa shape index (κ2) is 5.57. The van der Waals surface area contributed by atoms with Gasteiger partial charge in [-0.15, -0.1) is 0 Å². The lowest BCUT2D eigenvalue weighted by atomic mass is 10.1. The van der Waals surface area contributed by atoms with Crippen LogP contribution in [0, 0.1) is 12.8 Å². The molecule has 0 aliphatic heterocycles. The van der Waals surface area contributed by atoms with Gasteiger partial charge in [-0.2, -0.15) is 5.10 Å². The van der Waals surface area contributed by atoms with Gasteiger partial charge in [-0.25, -0.2) is 9.67 Å². The highest BCUT2D eigenvalue weighted by molar-refractivity contribution is 6.30. The molecular formula is C13H17ClN4O. The Bertz CT molecular complexity index is 618. The molecule has 0 aromatic carbocycles. The van der Waals surface area contributed by atoms with Crippen LogP contribution in [0.1, 0.15) is 26.0 Å². The summed E-state index contributed by atoms with van der Waals surface area (Å²) in [7, 11) is 0. The van der Waals surface area contributed by atoms with Crippen LogP contribution in [0.2, 0.25) is 5.15 Å². The second-order valence-electron chi connectivity index (χ2n) is 4.69. The van der Waals surface area contributed by atoms with Crippen LogP contribution in [-0.4, -0.2) is 19.3 Å². The predicted molar refractivity (Wildman–Crippen MR) is 74.8 cm³/mol. The third kappa shape index (κ3) is 2.71. The molecule has 2 aromatic rings. The molecule has 2 aromatic heterocycles. The van der Waals surface area contributed by atoms with Crippen molar-refractivity contribution in [3.63, 3.8) is 0 Å². The van der Waals surface area contributed by atoms with Gasteiger partial charge < -0.3 is 4.57 Å². The molecule has 0 bridgehead atoms. The standard InChI is InChI=1S/C13H17ClN4O/c1-4-9(2)8-17-10(3)11(14)16-12(13(17)19)18-7-5-6-15-18/h5-7,9H,4,8H2,1-3H3. The highest BCUT2D eigenvalue weighted by Crippen LogP contribution is 2.14. The average molecular weight is 281 g/mol. The maximum absolute atomic E-state index is 12.5. The Morgan fingerprint density at radius 3 is 2.79 bits per heavy atom. The molecule has 102 valence electrons. The minimum absolute atomic E-state index is 0.161. The molecule has 2 rings (SSSR count). The third-order valence-electron chi connectivity index (χ3n) is 3.26. The molecule has 0 radical (unpaired) electrons. The first-order chi connectivity index (χ1) is 9.04. The van der Waals surface area contributed by atoms with E-state index in [9.17, 15) is 4.79 Å². The molecule has 0 saturated carbocycles. The van der Waals surface area contributed by atoms with E-state index in [1.807, 2.05) is 6.92 Å². The molecule has 2 heterocycles. The van der Waals surface area contributed by atoms with Crippen molar-refractivity contribution >= 4 is 11.6 Å². The van der Waals surface area contributed by atoms with Gasteiger partial charge in [-0.1, -0.05) is 31.9 Å². The van der Waals surface area contributed by atoms with Gasteiger partial charge in [-0.3, -0.25) is 4.79 Å². The topological polar surface area (TPSA) is 52.7 Å². The average Bonchev–Trinajstić information content (AvgIpc) is 2.92. The Labute approximate surface area is 116 Å². The van der Waals surface area contributed by atoms with E-state index in [0.29, 0.717) is 23.3 Å². The Kier molecular flexibility index (Phi) is 4.04. The highest BCUT2D eigenvalue weighted by Gasteiger charge is 2.15. The van der Waals surface area contributed by atoms with Crippen LogP contribution in [0.3, 0.4) is 0 Å². The molecular weight excluding hydrogens is 264 g/mol. The van der Waals surface area contributed by atoms with E-state index in [4.69, 9.17) is 11.6 Å². The highest BCUT2D eigenvalue weighted by atomic mass is 35.5. The van der Waals surface area contributed by atoms with Gasteiger partial charge in [0.1, 0.15) is 0 Å². The summed E-state index contributed by atoms with van der Waals surface area (Å²) < 4.78 is 3.13.